The van der Waals surface area contributed by atoms with E-state index in [0.29, 0.717) is 0 Å². The minimum atomic E-state index is 0.775. The van der Waals surface area contributed by atoms with Crippen LogP contribution in [0.1, 0.15) is 31.4 Å². The van der Waals surface area contributed by atoms with Crippen LogP contribution >= 0.6 is 0 Å². The molecule has 0 N–H and O–H groups in total. The van der Waals surface area contributed by atoms with Crippen molar-refractivity contribution in [1.82, 2.24) is 14.8 Å². The molecule has 2 aromatic rings. The summed E-state index contributed by atoms with van der Waals surface area (Å²) < 4.78 is 0. The van der Waals surface area contributed by atoms with Crippen molar-refractivity contribution in [3.63, 3.8) is 0 Å². The van der Waals surface area contributed by atoms with E-state index in [1.807, 2.05) is 0 Å². The highest BCUT2D eigenvalue weighted by atomic mass is 15.2. The second-order valence-electron chi connectivity index (χ2n) is 6.77. The molecule has 3 heterocycles. The number of benzene rings is 1. The average Bonchev–Trinajstić information content (AvgIpc) is 3.10. The van der Waals surface area contributed by atoms with E-state index in [-0.39, 0.29) is 0 Å². The van der Waals surface area contributed by atoms with Gasteiger partial charge >= 0.3 is 0 Å². The number of aromatic nitrogens is 1. The lowest BCUT2D eigenvalue weighted by atomic mass is 10.0. The Morgan fingerprint density at radius 2 is 1.82 bits per heavy atom. The Kier molecular flexibility index (Phi) is 4.09. The van der Waals surface area contributed by atoms with Crippen LogP contribution in [0, 0.1) is 0 Å². The Morgan fingerprint density at radius 1 is 0.955 bits per heavy atom. The molecular formula is C19H25N3. The van der Waals surface area contributed by atoms with Crippen LogP contribution in [-0.2, 0) is 6.54 Å². The summed E-state index contributed by atoms with van der Waals surface area (Å²) in [6.45, 7) is 6.06. The maximum atomic E-state index is 4.84. The van der Waals surface area contributed by atoms with E-state index in [1.54, 1.807) is 0 Å². The zero-order chi connectivity index (χ0) is 14.8. The van der Waals surface area contributed by atoms with Crippen LogP contribution in [0.4, 0.5) is 0 Å². The van der Waals surface area contributed by atoms with Gasteiger partial charge in [0.25, 0.3) is 0 Å². The van der Waals surface area contributed by atoms with Crippen LogP contribution in [0.15, 0.2) is 36.4 Å². The first kappa shape index (κ1) is 14.2. The van der Waals surface area contributed by atoms with Crippen LogP contribution in [0.5, 0.6) is 0 Å². The molecule has 22 heavy (non-hydrogen) atoms. The van der Waals surface area contributed by atoms with E-state index in [1.165, 1.54) is 62.9 Å². The number of fused-ring (bicyclic) bond motifs is 1. The van der Waals surface area contributed by atoms with E-state index in [4.69, 9.17) is 4.98 Å². The summed E-state index contributed by atoms with van der Waals surface area (Å²) in [6.07, 6.45) is 5.49. The van der Waals surface area contributed by atoms with Crippen molar-refractivity contribution >= 4 is 10.9 Å². The minimum Gasteiger partial charge on any atom is -0.299 e. The Labute approximate surface area is 132 Å². The van der Waals surface area contributed by atoms with Gasteiger partial charge in [-0.05, 0) is 57.5 Å². The van der Waals surface area contributed by atoms with Crippen LogP contribution in [0.25, 0.3) is 10.9 Å². The van der Waals surface area contributed by atoms with Gasteiger partial charge < -0.3 is 0 Å². The molecule has 0 spiro atoms. The summed E-state index contributed by atoms with van der Waals surface area (Å²) in [7, 11) is 0. The number of pyridine rings is 1. The summed E-state index contributed by atoms with van der Waals surface area (Å²) in [4.78, 5) is 10.1. The van der Waals surface area contributed by atoms with Crippen LogP contribution < -0.4 is 0 Å². The first-order valence-corrected chi connectivity index (χ1v) is 8.69. The Balaban J connectivity index is 1.44. The van der Waals surface area contributed by atoms with E-state index in [2.05, 4.69) is 46.2 Å². The fraction of sp³-hybridized carbons (Fsp3) is 0.526. The lowest BCUT2D eigenvalue weighted by molar-refractivity contribution is 0.110. The molecule has 1 aromatic carbocycles. The first-order valence-electron chi connectivity index (χ1n) is 8.69. The minimum absolute atomic E-state index is 0.775. The zero-order valence-electron chi connectivity index (χ0n) is 13.2. The second kappa shape index (κ2) is 6.35. The normalized spacial score (nSPS) is 24.1. The van der Waals surface area contributed by atoms with Gasteiger partial charge in [-0.2, -0.15) is 0 Å². The molecule has 0 saturated carbocycles. The molecule has 0 amide bonds. The number of hydrogen-bond donors (Lipinski definition) is 0. The molecule has 2 fully saturated rings. The monoisotopic (exact) mass is 295 g/mol. The van der Waals surface area contributed by atoms with Crippen LogP contribution in [-0.4, -0.2) is 47.0 Å². The highest BCUT2D eigenvalue weighted by Crippen LogP contribution is 2.22. The van der Waals surface area contributed by atoms with Gasteiger partial charge in [0.05, 0.1) is 11.2 Å². The molecule has 1 unspecified atom stereocenters. The van der Waals surface area contributed by atoms with Crippen LogP contribution in [0.2, 0.25) is 0 Å². The molecule has 0 radical (unpaired) electrons. The van der Waals surface area contributed by atoms with Crippen molar-refractivity contribution < 1.29 is 0 Å². The van der Waals surface area contributed by atoms with Crippen molar-refractivity contribution in [1.29, 1.82) is 0 Å². The fourth-order valence-electron chi connectivity index (χ4n) is 4.00. The first-order chi connectivity index (χ1) is 10.9. The van der Waals surface area contributed by atoms with Crippen molar-refractivity contribution in [3.8, 4) is 0 Å². The topological polar surface area (TPSA) is 19.4 Å². The molecule has 0 bridgehead atoms. The van der Waals surface area contributed by atoms with Gasteiger partial charge in [0.2, 0.25) is 0 Å². The summed E-state index contributed by atoms with van der Waals surface area (Å²) >= 11 is 0. The van der Waals surface area contributed by atoms with E-state index in [0.717, 1.165) is 18.1 Å². The highest BCUT2D eigenvalue weighted by molar-refractivity contribution is 5.78. The predicted octanol–water partition coefficient (Wildman–Crippen LogP) is 3.30. The van der Waals surface area contributed by atoms with Gasteiger partial charge in [-0.1, -0.05) is 24.3 Å². The fourth-order valence-corrected chi connectivity index (χ4v) is 4.00. The number of hydrogen-bond acceptors (Lipinski definition) is 3. The van der Waals surface area contributed by atoms with Gasteiger partial charge in [0, 0.05) is 24.5 Å². The number of para-hydroxylation sites is 1. The summed E-state index contributed by atoms with van der Waals surface area (Å²) in [5.41, 5.74) is 2.33. The number of likely N-dealkylation sites (tertiary alicyclic amines) is 2. The molecule has 2 aliphatic heterocycles. The van der Waals surface area contributed by atoms with Crippen molar-refractivity contribution in [2.45, 2.75) is 38.3 Å². The SMILES string of the molecule is c1ccc2nc(CN3CCCC(N4CCCC4)C3)ccc2c1. The van der Waals surface area contributed by atoms with Crippen molar-refractivity contribution in [3.05, 3.63) is 42.1 Å². The third kappa shape index (κ3) is 3.01. The Bertz CT molecular complexity index is 633. The molecule has 116 valence electrons. The van der Waals surface area contributed by atoms with Gasteiger partial charge in [0.15, 0.2) is 0 Å². The lowest BCUT2D eigenvalue weighted by Gasteiger charge is -2.37. The third-order valence-electron chi connectivity index (χ3n) is 5.18. The Hall–Kier alpha value is -1.45. The number of piperidine rings is 1. The van der Waals surface area contributed by atoms with Crippen molar-refractivity contribution in [2.75, 3.05) is 26.2 Å². The van der Waals surface area contributed by atoms with Crippen LogP contribution in [0.3, 0.4) is 0 Å². The average molecular weight is 295 g/mol. The maximum absolute atomic E-state index is 4.84. The molecule has 1 atom stereocenters. The van der Waals surface area contributed by atoms with Gasteiger partial charge in [-0.25, -0.2) is 0 Å². The smallest absolute Gasteiger partial charge is 0.0705 e. The maximum Gasteiger partial charge on any atom is 0.0705 e. The summed E-state index contributed by atoms with van der Waals surface area (Å²) in [6, 6.07) is 13.6. The molecular weight excluding hydrogens is 270 g/mol. The van der Waals surface area contributed by atoms with Gasteiger partial charge in [0.1, 0.15) is 0 Å². The quantitative estimate of drug-likeness (QED) is 0.866. The van der Waals surface area contributed by atoms with E-state index >= 15 is 0 Å². The molecule has 3 nitrogen and oxygen atoms in total. The molecule has 2 aliphatic rings. The second-order valence-corrected chi connectivity index (χ2v) is 6.77. The standard InChI is InChI=1S/C19H25N3/c1-2-8-19-16(6-1)9-10-17(20-19)14-21-11-5-7-18(15-21)22-12-3-4-13-22/h1-2,6,8-10,18H,3-5,7,11-15H2. The van der Waals surface area contributed by atoms with E-state index in [9.17, 15) is 0 Å². The number of nitrogens with zero attached hydrogens (tertiary/aromatic N) is 3. The molecule has 2 saturated heterocycles. The molecule has 0 aliphatic carbocycles. The predicted molar refractivity (Wildman–Crippen MR) is 90.8 cm³/mol. The van der Waals surface area contributed by atoms with E-state index < -0.39 is 0 Å². The Morgan fingerprint density at radius 3 is 2.73 bits per heavy atom. The zero-order valence-corrected chi connectivity index (χ0v) is 13.2. The lowest BCUT2D eigenvalue weighted by Crippen LogP contribution is -2.46. The van der Waals surface area contributed by atoms with Gasteiger partial charge in [-0.15, -0.1) is 0 Å². The molecule has 3 heteroatoms. The summed E-state index contributed by atoms with van der Waals surface area (Å²) in [5, 5.41) is 1.24. The summed E-state index contributed by atoms with van der Waals surface area (Å²) in [5.74, 6) is 0. The third-order valence-corrected chi connectivity index (χ3v) is 5.18. The van der Waals surface area contributed by atoms with Crippen molar-refractivity contribution in [2.24, 2.45) is 0 Å². The number of rotatable bonds is 3. The highest BCUT2D eigenvalue weighted by Gasteiger charge is 2.27. The molecule has 1 aromatic heterocycles. The molecule has 4 rings (SSSR count). The largest absolute Gasteiger partial charge is 0.299 e. The van der Waals surface area contributed by atoms with Gasteiger partial charge in [-0.3, -0.25) is 14.8 Å².